The number of aromatic nitrogens is 2. The lowest BCUT2D eigenvalue weighted by Crippen LogP contribution is -2.32. The predicted molar refractivity (Wildman–Crippen MR) is 100 cm³/mol. The van der Waals surface area contributed by atoms with Gasteiger partial charge in [-0.25, -0.2) is 4.98 Å². The molecule has 0 amide bonds. The molecule has 1 aliphatic rings. The summed E-state index contributed by atoms with van der Waals surface area (Å²) in [6.07, 6.45) is 5.68. The Morgan fingerprint density at radius 2 is 1.96 bits per heavy atom. The number of nitrogens with zero attached hydrogens (tertiary/aromatic N) is 3. The Morgan fingerprint density at radius 1 is 1.20 bits per heavy atom. The van der Waals surface area contributed by atoms with E-state index in [1.54, 1.807) is 0 Å². The van der Waals surface area contributed by atoms with Gasteiger partial charge in [0.25, 0.3) is 0 Å². The van der Waals surface area contributed by atoms with E-state index < -0.39 is 5.97 Å². The molecular weight excluding hydrogens is 314 g/mol. The van der Waals surface area contributed by atoms with Crippen LogP contribution < -0.4 is 0 Å². The molecule has 1 aliphatic heterocycles. The Bertz CT molecular complexity index is 730. The molecule has 1 fully saturated rings. The van der Waals surface area contributed by atoms with E-state index in [0.717, 1.165) is 35.4 Å². The molecule has 2 heterocycles. The monoisotopic (exact) mass is 343 g/mol. The summed E-state index contributed by atoms with van der Waals surface area (Å²) in [5.74, 6) is 0.390. The molecule has 25 heavy (non-hydrogen) atoms. The van der Waals surface area contributed by atoms with Crippen LogP contribution in [0, 0.1) is 0 Å². The van der Waals surface area contributed by atoms with Crippen molar-refractivity contribution in [2.45, 2.75) is 58.4 Å². The first-order valence-corrected chi connectivity index (χ1v) is 9.48. The fourth-order valence-corrected chi connectivity index (χ4v) is 3.79. The van der Waals surface area contributed by atoms with E-state index in [9.17, 15) is 4.79 Å². The maximum atomic E-state index is 10.8. The number of likely N-dealkylation sites (tertiary alicyclic amines) is 1. The molecule has 5 heteroatoms. The lowest BCUT2D eigenvalue weighted by molar-refractivity contribution is -0.136. The summed E-state index contributed by atoms with van der Waals surface area (Å²) in [5, 5.41) is 8.88. The van der Waals surface area contributed by atoms with Crippen LogP contribution in [0.3, 0.4) is 0 Å². The van der Waals surface area contributed by atoms with Crippen molar-refractivity contribution < 1.29 is 9.90 Å². The predicted octanol–water partition coefficient (Wildman–Crippen LogP) is 3.66. The van der Waals surface area contributed by atoms with E-state index in [1.807, 2.05) is 6.07 Å². The molecule has 1 aromatic heterocycles. The number of aliphatic carboxylic acids is 1. The fraction of sp³-hybridized carbons (Fsp3) is 0.600. The van der Waals surface area contributed by atoms with Crippen LogP contribution in [0.1, 0.15) is 57.0 Å². The molecule has 3 rings (SSSR count). The van der Waals surface area contributed by atoms with Gasteiger partial charge in [-0.3, -0.25) is 4.79 Å². The quantitative estimate of drug-likeness (QED) is 0.833. The number of benzene rings is 1. The number of piperidine rings is 1. The van der Waals surface area contributed by atoms with Gasteiger partial charge >= 0.3 is 5.97 Å². The fourth-order valence-electron chi connectivity index (χ4n) is 3.79. The minimum absolute atomic E-state index is 0.165. The van der Waals surface area contributed by atoms with Gasteiger partial charge in [-0.15, -0.1) is 0 Å². The largest absolute Gasteiger partial charge is 0.481 e. The van der Waals surface area contributed by atoms with Gasteiger partial charge in [0.05, 0.1) is 11.0 Å². The molecule has 0 unspecified atom stereocenters. The van der Waals surface area contributed by atoms with E-state index in [4.69, 9.17) is 10.1 Å². The van der Waals surface area contributed by atoms with Gasteiger partial charge in [0.1, 0.15) is 5.82 Å². The third kappa shape index (κ3) is 4.40. The summed E-state index contributed by atoms with van der Waals surface area (Å²) >= 11 is 0. The Morgan fingerprint density at radius 3 is 2.64 bits per heavy atom. The van der Waals surface area contributed by atoms with Crippen LogP contribution in [-0.2, 0) is 17.6 Å². The normalized spacial score (nSPS) is 16.0. The van der Waals surface area contributed by atoms with Crippen LogP contribution in [0.25, 0.3) is 11.0 Å². The van der Waals surface area contributed by atoms with E-state index in [0.29, 0.717) is 12.5 Å². The van der Waals surface area contributed by atoms with Gasteiger partial charge in [0.2, 0.25) is 0 Å². The molecule has 1 aromatic carbocycles. The number of aryl methyl sites for hydroxylation is 1. The first-order valence-electron chi connectivity index (χ1n) is 9.48. The zero-order valence-electron chi connectivity index (χ0n) is 15.4. The van der Waals surface area contributed by atoms with E-state index in [1.165, 1.54) is 32.4 Å². The van der Waals surface area contributed by atoms with Crippen molar-refractivity contribution >= 4 is 17.0 Å². The van der Waals surface area contributed by atoms with Gasteiger partial charge in [-0.05, 0) is 63.9 Å². The van der Waals surface area contributed by atoms with Gasteiger partial charge in [0, 0.05) is 25.4 Å². The van der Waals surface area contributed by atoms with Crippen LogP contribution in [0.5, 0.6) is 0 Å². The highest BCUT2D eigenvalue weighted by molar-refractivity contribution is 5.77. The third-order valence-electron chi connectivity index (χ3n) is 5.07. The summed E-state index contributed by atoms with van der Waals surface area (Å²) in [6, 6.07) is 6.57. The molecule has 1 saturated heterocycles. The van der Waals surface area contributed by atoms with Gasteiger partial charge in [0.15, 0.2) is 0 Å². The van der Waals surface area contributed by atoms with Crippen LogP contribution in [0.4, 0.5) is 0 Å². The first-order chi connectivity index (χ1) is 12.0. The standard InChI is InChI=1S/C20H29N3O2/c1-15(2)23-18-8-6-16(7-9-20(24)25)14-17(18)21-19(23)10-13-22-11-4-3-5-12-22/h6,8,14-15H,3-5,7,9-13H2,1-2H3,(H,24,25). The number of hydrogen-bond donors (Lipinski definition) is 1. The number of rotatable bonds is 7. The highest BCUT2D eigenvalue weighted by Gasteiger charge is 2.16. The Balaban J connectivity index is 1.80. The molecule has 0 saturated carbocycles. The number of carbonyl (C=O) groups is 1. The first kappa shape index (κ1) is 17.9. The Labute approximate surface area is 149 Å². The Hall–Kier alpha value is -1.88. The Kier molecular flexibility index (Phi) is 5.74. The number of carboxylic acids is 1. The zero-order chi connectivity index (χ0) is 17.8. The summed E-state index contributed by atoms with van der Waals surface area (Å²) in [5.41, 5.74) is 3.19. The van der Waals surface area contributed by atoms with E-state index in [-0.39, 0.29) is 6.42 Å². The maximum Gasteiger partial charge on any atom is 0.303 e. The zero-order valence-corrected chi connectivity index (χ0v) is 15.4. The topological polar surface area (TPSA) is 58.4 Å². The molecule has 2 aromatic rings. The molecule has 1 N–H and O–H groups in total. The van der Waals surface area contributed by atoms with Crippen LogP contribution in [0.15, 0.2) is 18.2 Å². The summed E-state index contributed by atoms with van der Waals surface area (Å²) in [4.78, 5) is 18.2. The summed E-state index contributed by atoms with van der Waals surface area (Å²) < 4.78 is 2.33. The van der Waals surface area contributed by atoms with Gasteiger partial charge in [-0.1, -0.05) is 12.5 Å². The minimum atomic E-state index is -0.755. The molecule has 0 atom stereocenters. The average molecular weight is 343 g/mol. The summed E-state index contributed by atoms with van der Waals surface area (Å²) in [6.45, 7) is 7.89. The number of carboxylic acid groups (broad SMARTS) is 1. The molecular formula is C20H29N3O2. The van der Waals surface area contributed by atoms with Crippen molar-refractivity contribution in [1.82, 2.24) is 14.5 Å². The lowest BCUT2D eigenvalue weighted by Gasteiger charge is -2.26. The highest BCUT2D eigenvalue weighted by atomic mass is 16.4. The van der Waals surface area contributed by atoms with Crippen molar-refractivity contribution in [3.8, 4) is 0 Å². The molecule has 0 spiro atoms. The van der Waals surface area contributed by atoms with Crippen LogP contribution >= 0.6 is 0 Å². The molecule has 136 valence electrons. The van der Waals surface area contributed by atoms with E-state index in [2.05, 4.69) is 35.4 Å². The number of fused-ring (bicyclic) bond motifs is 1. The minimum Gasteiger partial charge on any atom is -0.481 e. The second-order valence-electron chi connectivity index (χ2n) is 7.36. The second-order valence-corrected chi connectivity index (χ2v) is 7.36. The second kappa shape index (κ2) is 8.00. The molecule has 5 nitrogen and oxygen atoms in total. The average Bonchev–Trinajstić information content (AvgIpc) is 2.96. The smallest absolute Gasteiger partial charge is 0.303 e. The summed E-state index contributed by atoms with van der Waals surface area (Å²) in [7, 11) is 0. The molecule has 0 radical (unpaired) electrons. The van der Waals surface area contributed by atoms with Crippen molar-refractivity contribution in [3.05, 3.63) is 29.6 Å². The van der Waals surface area contributed by atoms with Crippen molar-refractivity contribution in [1.29, 1.82) is 0 Å². The van der Waals surface area contributed by atoms with Crippen LogP contribution in [-0.4, -0.2) is 45.2 Å². The van der Waals surface area contributed by atoms with Gasteiger partial charge < -0.3 is 14.6 Å². The third-order valence-corrected chi connectivity index (χ3v) is 5.07. The SMILES string of the molecule is CC(C)n1c(CCN2CCCCC2)nc2cc(CCC(=O)O)ccc21. The lowest BCUT2D eigenvalue weighted by atomic mass is 10.1. The van der Waals surface area contributed by atoms with Crippen LogP contribution in [0.2, 0.25) is 0 Å². The maximum absolute atomic E-state index is 10.8. The number of imidazole rings is 1. The van der Waals surface area contributed by atoms with Crippen molar-refractivity contribution in [3.63, 3.8) is 0 Å². The van der Waals surface area contributed by atoms with Crippen molar-refractivity contribution in [2.75, 3.05) is 19.6 Å². The van der Waals surface area contributed by atoms with Gasteiger partial charge in [-0.2, -0.15) is 0 Å². The highest BCUT2D eigenvalue weighted by Crippen LogP contribution is 2.23. The number of hydrogen-bond acceptors (Lipinski definition) is 3. The van der Waals surface area contributed by atoms with Crippen molar-refractivity contribution in [2.24, 2.45) is 0 Å². The van der Waals surface area contributed by atoms with E-state index >= 15 is 0 Å². The molecule has 0 bridgehead atoms. The molecule has 0 aliphatic carbocycles.